The minimum absolute atomic E-state index is 1.33. The Labute approximate surface area is 156 Å². The van der Waals surface area contributed by atoms with Crippen molar-refractivity contribution in [3.8, 4) is 11.1 Å². The molecular weight excluding hydrogens is 328 g/mol. The molecule has 0 N–H and O–H groups in total. The van der Waals surface area contributed by atoms with Gasteiger partial charge in [-0.3, -0.25) is 0 Å². The molecule has 0 saturated carbocycles. The van der Waals surface area contributed by atoms with E-state index in [2.05, 4.69) is 117 Å². The van der Waals surface area contributed by atoms with Gasteiger partial charge in [-0.1, -0.05) is 110 Å². The smallest absolute Gasteiger partial charge is 0.0991 e. The van der Waals surface area contributed by atoms with Crippen LogP contribution >= 0.6 is 0 Å². The molecule has 1 heterocycles. The fourth-order valence-corrected chi connectivity index (χ4v) is 9.41. The van der Waals surface area contributed by atoms with E-state index in [4.69, 9.17) is 0 Å². The van der Waals surface area contributed by atoms with Crippen molar-refractivity contribution in [1.29, 1.82) is 0 Å². The third-order valence-corrected chi connectivity index (χ3v) is 10.2. The SMILES string of the molecule is C=C/C(=C\C=C/C)[Si]1(c2ccccc2)c2ccccc2-c2ccccc21. The maximum atomic E-state index is 4.21. The molecule has 1 aliphatic heterocycles. The number of hydrogen-bond acceptors (Lipinski definition) is 0. The van der Waals surface area contributed by atoms with Gasteiger partial charge in [-0.05, 0) is 38.8 Å². The van der Waals surface area contributed by atoms with Crippen LogP contribution in [0.5, 0.6) is 0 Å². The van der Waals surface area contributed by atoms with Gasteiger partial charge in [0.1, 0.15) is 0 Å². The quantitative estimate of drug-likeness (QED) is 0.484. The predicted octanol–water partition coefficient (Wildman–Crippen LogP) is 4.36. The molecule has 3 aromatic rings. The molecule has 0 nitrogen and oxygen atoms in total. The van der Waals surface area contributed by atoms with Crippen LogP contribution in [0.4, 0.5) is 0 Å². The molecule has 126 valence electrons. The molecular formula is C25H22Si. The van der Waals surface area contributed by atoms with Crippen LogP contribution in [0.3, 0.4) is 0 Å². The monoisotopic (exact) mass is 350 g/mol. The Morgan fingerprint density at radius 1 is 0.769 bits per heavy atom. The van der Waals surface area contributed by atoms with E-state index in [0.717, 1.165) is 0 Å². The molecule has 0 atom stereocenters. The van der Waals surface area contributed by atoms with Crippen LogP contribution in [0.25, 0.3) is 11.1 Å². The van der Waals surface area contributed by atoms with Gasteiger partial charge in [-0.2, -0.15) is 0 Å². The van der Waals surface area contributed by atoms with Crippen LogP contribution in [0, 0.1) is 0 Å². The number of benzene rings is 3. The second-order valence-electron chi connectivity index (χ2n) is 6.56. The van der Waals surface area contributed by atoms with Gasteiger partial charge in [0.15, 0.2) is 8.07 Å². The summed E-state index contributed by atoms with van der Waals surface area (Å²) >= 11 is 0. The zero-order valence-corrected chi connectivity index (χ0v) is 16.0. The molecule has 0 fully saturated rings. The number of hydrogen-bond donors (Lipinski definition) is 0. The zero-order valence-electron chi connectivity index (χ0n) is 15.0. The lowest BCUT2D eigenvalue weighted by molar-refractivity contribution is 1.68. The van der Waals surface area contributed by atoms with Crippen molar-refractivity contribution in [1.82, 2.24) is 0 Å². The van der Waals surface area contributed by atoms with Crippen molar-refractivity contribution in [2.24, 2.45) is 0 Å². The van der Waals surface area contributed by atoms with E-state index in [1.54, 1.807) is 0 Å². The van der Waals surface area contributed by atoms with Crippen LogP contribution in [0.15, 0.2) is 115 Å². The summed E-state index contributed by atoms with van der Waals surface area (Å²) in [4.78, 5) is 0. The van der Waals surface area contributed by atoms with Crippen LogP contribution < -0.4 is 15.6 Å². The Kier molecular flexibility index (Phi) is 4.32. The van der Waals surface area contributed by atoms with E-state index in [9.17, 15) is 0 Å². The number of rotatable bonds is 4. The van der Waals surface area contributed by atoms with Crippen LogP contribution in [0.1, 0.15) is 6.92 Å². The van der Waals surface area contributed by atoms with E-state index in [0.29, 0.717) is 0 Å². The molecule has 26 heavy (non-hydrogen) atoms. The lowest BCUT2D eigenvalue weighted by Gasteiger charge is -2.32. The van der Waals surface area contributed by atoms with Crippen molar-refractivity contribution in [3.05, 3.63) is 115 Å². The summed E-state index contributed by atoms with van der Waals surface area (Å²) in [5, 5.41) is 5.67. The Morgan fingerprint density at radius 2 is 1.31 bits per heavy atom. The molecule has 0 aromatic heterocycles. The molecule has 3 aromatic carbocycles. The third kappa shape index (κ3) is 2.28. The molecule has 0 spiro atoms. The average molecular weight is 351 g/mol. The minimum atomic E-state index is -2.32. The highest BCUT2D eigenvalue weighted by atomic mass is 28.3. The van der Waals surface area contributed by atoms with Crippen LogP contribution in [-0.2, 0) is 0 Å². The Hall–Kier alpha value is -2.90. The normalized spacial score (nSPS) is 14.9. The number of allylic oxidation sites excluding steroid dienone is 5. The van der Waals surface area contributed by atoms with Gasteiger partial charge >= 0.3 is 0 Å². The van der Waals surface area contributed by atoms with Gasteiger partial charge in [0.25, 0.3) is 0 Å². The van der Waals surface area contributed by atoms with E-state index in [-0.39, 0.29) is 0 Å². The van der Waals surface area contributed by atoms with Gasteiger partial charge in [-0.25, -0.2) is 0 Å². The third-order valence-electron chi connectivity index (χ3n) is 5.28. The summed E-state index contributed by atoms with van der Waals surface area (Å²) in [5.74, 6) is 0. The second kappa shape index (κ2) is 6.78. The van der Waals surface area contributed by atoms with Crippen molar-refractivity contribution >= 4 is 23.6 Å². The standard InChI is InChI=1S/C25H22Si/c1-3-5-13-20(4-2)26(21-14-7-6-8-15-21)24-18-11-9-16-22(24)23-17-10-12-19-25(23)26/h3-19H,2H2,1H3/b5-3-,20-13+. The minimum Gasteiger partial charge on any atom is -0.0991 e. The molecule has 1 heteroatoms. The highest BCUT2D eigenvalue weighted by molar-refractivity contribution is 7.19. The van der Waals surface area contributed by atoms with Crippen molar-refractivity contribution < 1.29 is 0 Å². The van der Waals surface area contributed by atoms with E-state index >= 15 is 0 Å². The summed E-state index contributed by atoms with van der Waals surface area (Å²) in [5.41, 5.74) is 2.73. The molecule has 0 radical (unpaired) electrons. The Balaban J connectivity index is 2.18. The summed E-state index contributed by atoms with van der Waals surface area (Å²) in [7, 11) is -2.32. The topological polar surface area (TPSA) is 0 Å². The van der Waals surface area contributed by atoms with E-state index in [1.165, 1.54) is 31.9 Å². The van der Waals surface area contributed by atoms with Crippen molar-refractivity contribution in [3.63, 3.8) is 0 Å². The molecule has 0 unspecified atom stereocenters. The summed E-state index contributed by atoms with van der Waals surface area (Å²) in [6, 6.07) is 28.8. The Morgan fingerprint density at radius 3 is 1.85 bits per heavy atom. The first-order chi connectivity index (χ1) is 12.8. The van der Waals surface area contributed by atoms with Gasteiger partial charge in [0.05, 0.1) is 0 Å². The fourth-order valence-electron chi connectivity index (χ4n) is 4.26. The highest BCUT2D eigenvalue weighted by Gasteiger charge is 2.48. The van der Waals surface area contributed by atoms with Gasteiger partial charge < -0.3 is 0 Å². The maximum absolute atomic E-state index is 4.21. The average Bonchev–Trinajstić information content (AvgIpc) is 3.01. The second-order valence-corrected chi connectivity index (χ2v) is 10.3. The molecule has 0 aliphatic carbocycles. The molecule has 0 saturated heterocycles. The highest BCUT2D eigenvalue weighted by Crippen LogP contribution is 2.32. The lowest BCUT2D eigenvalue weighted by Crippen LogP contribution is -2.66. The van der Waals surface area contributed by atoms with Crippen molar-refractivity contribution in [2.45, 2.75) is 6.92 Å². The zero-order chi connectivity index (χ0) is 18.0. The maximum Gasteiger partial charge on any atom is 0.180 e. The van der Waals surface area contributed by atoms with Crippen LogP contribution in [0.2, 0.25) is 0 Å². The summed E-state index contributed by atoms with van der Waals surface area (Å²) in [6.45, 7) is 6.27. The largest absolute Gasteiger partial charge is 0.180 e. The summed E-state index contributed by atoms with van der Waals surface area (Å²) in [6.07, 6.45) is 8.55. The molecule has 0 amide bonds. The molecule has 1 aliphatic rings. The first-order valence-corrected chi connectivity index (χ1v) is 11.0. The first-order valence-electron chi connectivity index (χ1n) is 9.04. The predicted molar refractivity (Wildman–Crippen MR) is 116 cm³/mol. The van der Waals surface area contributed by atoms with E-state index < -0.39 is 8.07 Å². The lowest BCUT2D eigenvalue weighted by atomic mass is 10.1. The Bertz CT molecular complexity index is 964. The van der Waals surface area contributed by atoms with E-state index in [1.807, 2.05) is 0 Å². The van der Waals surface area contributed by atoms with Gasteiger partial charge in [0.2, 0.25) is 0 Å². The first kappa shape index (κ1) is 16.6. The number of fused-ring (bicyclic) bond motifs is 3. The van der Waals surface area contributed by atoms with Crippen LogP contribution in [-0.4, -0.2) is 8.07 Å². The molecule has 0 bridgehead atoms. The summed E-state index contributed by atoms with van der Waals surface area (Å²) < 4.78 is 0. The van der Waals surface area contributed by atoms with Gasteiger partial charge in [0, 0.05) is 0 Å². The fraction of sp³-hybridized carbons (Fsp3) is 0.0400. The van der Waals surface area contributed by atoms with Crippen molar-refractivity contribution in [2.75, 3.05) is 0 Å². The molecule has 4 rings (SSSR count). The van der Waals surface area contributed by atoms with Gasteiger partial charge in [-0.15, -0.1) is 0 Å².